The molecule has 0 heterocycles. The van der Waals surface area contributed by atoms with E-state index in [4.69, 9.17) is 10.5 Å². The second-order valence-corrected chi connectivity index (χ2v) is 3.82. The third-order valence-electron chi connectivity index (χ3n) is 2.43. The van der Waals surface area contributed by atoms with Crippen molar-refractivity contribution in [2.75, 3.05) is 5.73 Å². The number of carbonyl (C=O) groups is 1. The Morgan fingerprint density at radius 2 is 1.79 bits per heavy atom. The van der Waals surface area contributed by atoms with Crippen LogP contribution in [0.4, 0.5) is 5.69 Å². The molecule has 0 aliphatic rings. The van der Waals surface area contributed by atoms with Crippen molar-refractivity contribution in [1.29, 1.82) is 0 Å². The number of carboxylic acids is 1. The smallest absolute Gasteiger partial charge is 0.550 e. The Morgan fingerprint density at radius 1 is 1.11 bits per heavy atom. The van der Waals surface area contributed by atoms with E-state index in [1.54, 1.807) is 18.2 Å². The summed E-state index contributed by atoms with van der Waals surface area (Å²) >= 11 is 0. The molecule has 92 valence electrons. The van der Waals surface area contributed by atoms with Crippen LogP contribution in [0.25, 0.3) is 0 Å². The summed E-state index contributed by atoms with van der Waals surface area (Å²) in [6.07, 6.45) is -0.224. The molecule has 0 aromatic heterocycles. The molecule has 4 nitrogen and oxygen atoms in total. The van der Waals surface area contributed by atoms with Gasteiger partial charge < -0.3 is 20.4 Å². The van der Waals surface area contributed by atoms with Gasteiger partial charge in [-0.2, -0.15) is 0 Å². The monoisotopic (exact) mass is 265 g/mol. The van der Waals surface area contributed by atoms with Gasteiger partial charge in [-0.05, 0) is 35.9 Å². The Kier molecular flexibility index (Phi) is 5.89. The molecular weight excluding hydrogens is 253 g/mol. The van der Waals surface area contributed by atoms with E-state index < -0.39 is 5.97 Å². The van der Waals surface area contributed by atoms with E-state index in [1.807, 2.05) is 30.3 Å². The van der Waals surface area contributed by atoms with Gasteiger partial charge in [0.25, 0.3) is 0 Å². The fourth-order valence-corrected chi connectivity index (χ4v) is 1.58. The molecule has 19 heavy (non-hydrogen) atoms. The Balaban J connectivity index is 0.00000180. The minimum Gasteiger partial charge on any atom is -0.550 e. The molecule has 0 atom stereocenters. The average Bonchev–Trinajstić information content (AvgIpc) is 2.34. The van der Waals surface area contributed by atoms with Crippen molar-refractivity contribution in [1.82, 2.24) is 0 Å². The van der Waals surface area contributed by atoms with Gasteiger partial charge in [-0.25, -0.2) is 0 Å². The van der Waals surface area contributed by atoms with Crippen LogP contribution < -0.4 is 45.1 Å². The number of para-hydroxylation sites is 1. The SMILES string of the molecule is Nc1ccc(Oc2ccccc2)cc1CC(=O)[O-].[Na+]. The number of anilines is 1. The van der Waals surface area contributed by atoms with E-state index in [-0.39, 0.29) is 36.0 Å². The van der Waals surface area contributed by atoms with Crippen LogP contribution in [-0.2, 0) is 11.2 Å². The standard InChI is InChI=1S/C14H13NO3.Na/c15-13-7-6-12(8-10(13)9-14(16)17)18-11-4-2-1-3-5-11;/h1-8H,9,15H2,(H,16,17);/q;+1/p-1. The molecule has 0 fully saturated rings. The third kappa shape index (κ3) is 4.59. The minimum atomic E-state index is -1.17. The molecule has 0 saturated heterocycles. The van der Waals surface area contributed by atoms with Crippen molar-refractivity contribution in [3.8, 4) is 11.5 Å². The van der Waals surface area contributed by atoms with E-state index in [1.165, 1.54) is 0 Å². The zero-order valence-electron chi connectivity index (χ0n) is 10.6. The number of benzene rings is 2. The number of hydrogen-bond acceptors (Lipinski definition) is 4. The fourth-order valence-electron chi connectivity index (χ4n) is 1.58. The predicted molar refractivity (Wildman–Crippen MR) is 66.1 cm³/mol. The van der Waals surface area contributed by atoms with Gasteiger partial charge >= 0.3 is 29.6 Å². The largest absolute Gasteiger partial charge is 1.00 e. The maximum Gasteiger partial charge on any atom is 1.00 e. The van der Waals surface area contributed by atoms with Crippen LogP contribution in [0.1, 0.15) is 5.56 Å². The third-order valence-corrected chi connectivity index (χ3v) is 2.43. The Labute approximate surface area is 133 Å². The van der Waals surface area contributed by atoms with Crippen molar-refractivity contribution < 1.29 is 44.2 Å². The maximum absolute atomic E-state index is 10.6. The second kappa shape index (κ2) is 7.19. The van der Waals surface area contributed by atoms with Gasteiger partial charge in [0, 0.05) is 18.1 Å². The first kappa shape index (κ1) is 15.6. The summed E-state index contributed by atoms with van der Waals surface area (Å²) in [5.74, 6) is 0.0619. The first-order valence-corrected chi connectivity index (χ1v) is 5.46. The van der Waals surface area contributed by atoms with Crippen molar-refractivity contribution in [2.45, 2.75) is 6.42 Å². The Bertz CT molecular complexity index is 558. The molecule has 2 aromatic rings. The molecule has 0 unspecified atom stereocenters. The van der Waals surface area contributed by atoms with Gasteiger partial charge in [0.2, 0.25) is 0 Å². The van der Waals surface area contributed by atoms with Crippen LogP contribution in [0.3, 0.4) is 0 Å². The summed E-state index contributed by atoms with van der Waals surface area (Å²) < 4.78 is 5.59. The number of carbonyl (C=O) groups excluding carboxylic acids is 1. The summed E-state index contributed by atoms with van der Waals surface area (Å²) in [7, 11) is 0. The van der Waals surface area contributed by atoms with E-state index in [2.05, 4.69) is 0 Å². The Hall–Kier alpha value is -1.49. The van der Waals surface area contributed by atoms with Crippen molar-refractivity contribution >= 4 is 11.7 Å². The molecule has 0 spiro atoms. The van der Waals surface area contributed by atoms with Crippen molar-refractivity contribution in [3.05, 3.63) is 54.1 Å². The van der Waals surface area contributed by atoms with Gasteiger partial charge in [-0.3, -0.25) is 0 Å². The first-order valence-electron chi connectivity index (χ1n) is 5.46. The molecule has 2 aromatic carbocycles. The zero-order chi connectivity index (χ0) is 13.0. The van der Waals surface area contributed by atoms with Crippen LogP contribution in [0, 0.1) is 0 Å². The number of carboxylic acid groups (broad SMARTS) is 1. The van der Waals surface area contributed by atoms with Crippen LogP contribution >= 0.6 is 0 Å². The molecular formula is C14H12NNaO3. The van der Waals surface area contributed by atoms with E-state index in [0.717, 1.165) is 0 Å². The number of rotatable bonds is 4. The average molecular weight is 265 g/mol. The number of aliphatic carboxylic acids is 1. The van der Waals surface area contributed by atoms with E-state index in [9.17, 15) is 9.90 Å². The summed E-state index contributed by atoms with van der Waals surface area (Å²) in [4.78, 5) is 10.6. The van der Waals surface area contributed by atoms with Crippen molar-refractivity contribution in [2.24, 2.45) is 0 Å². The number of nitrogen functional groups attached to an aromatic ring is 1. The van der Waals surface area contributed by atoms with Gasteiger partial charge in [-0.1, -0.05) is 18.2 Å². The van der Waals surface area contributed by atoms with Gasteiger partial charge in [0.05, 0.1) is 0 Å². The van der Waals surface area contributed by atoms with Crippen molar-refractivity contribution in [3.63, 3.8) is 0 Å². The summed E-state index contributed by atoms with van der Waals surface area (Å²) in [5, 5.41) is 10.6. The molecule has 0 saturated carbocycles. The van der Waals surface area contributed by atoms with E-state index >= 15 is 0 Å². The normalized spacial score (nSPS) is 9.47. The summed E-state index contributed by atoms with van der Waals surface area (Å²) in [6, 6.07) is 14.2. The van der Waals surface area contributed by atoms with Gasteiger partial charge in [0.1, 0.15) is 11.5 Å². The molecule has 0 aliphatic carbocycles. The van der Waals surface area contributed by atoms with Crippen LogP contribution in [0.2, 0.25) is 0 Å². The van der Waals surface area contributed by atoms with Crippen LogP contribution in [0.15, 0.2) is 48.5 Å². The number of nitrogens with two attached hydrogens (primary N) is 1. The van der Waals surface area contributed by atoms with Gasteiger partial charge in [0.15, 0.2) is 0 Å². The quantitative estimate of drug-likeness (QED) is 0.531. The molecule has 0 radical (unpaired) electrons. The molecule has 0 bridgehead atoms. The second-order valence-electron chi connectivity index (χ2n) is 3.82. The minimum absolute atomic E-state index is 0. The predicted octanol–water partition coefficient (Wildman–Crippen LogP) is -1.64. The van der Waals surface area contributed by atoms with Crippen LogP contribution in [-0.4, -0.2) is 5.97 Å². The summed E-state index contributed by atoms with van der Waals surface area (Å²) in [6.45, 7) is 0. The molecule has 5 heteroatoms. The molecule has 2 rings (SSSR count). The molecule has 0 amide bonds. The Morgan fingerprint density at radius 3 is 2.42 bits per heavy atom. The summed E-state index contributed by atoms with van der Waals surface area (Å²) in [5.41, 5.74) is 6.59. The number of hydrogen-bond donors (Lipinski definition) is 1. The van der Waals surface area contributed by atoms with E-state index in [0.29, 0.717) is 22.7 Å². The topological polar surface area (TPSA) is 75.4 Å². The maximum atomic E-state index is 10.6. The fraction of sp³-hybridized carbons (Fsp3) is 0.0714. The number of ether oxygens (including phenoxy) is 1. The van der Waals surface area contributed by atoms with Crippen LogP contribution in [0.5, 0.6) is 11.5 Å². The molecule has 2 N–H and O–H groups in total. The zero-order valence-corrected chi connectivity index (χ0v) is 12.6. The first-order chi connectivity index (χ1) is 8.65. The van der Waals surface area contributed by atoms with Gasteiger partial charge in [-0.15, -0.1) is 0 Å². The molecule has 0 aliphatic heterocycles.